The van der Waals surface area contributed by atoms with Crippen LogP contribution in [0.5, 0.6) is 5.75 Å². The van der Waals surface area contributed by atoms with Crippen LogP contribution in [0.15, 0.2) is 12.1 Å². The number of sulfone groups is 1. The molecule has 0 radical (unpaired) electrons. The Hall–Kier alpha value is -0.780. The van der Waals surface area contributed by atoms with Gasteiger partial charge in [-0.3, -0.25) is 4.90 Å². The Balaban J connectivity index is 2.14. The van der Waals surface area contributed by atoms with Gasteiger partial charge in [0.25, 0.3) is 0 Å². The third kappa shape index (κ3) is 3.87. The molecule has 6 heteroatoms. The monoisotopic (exact) mass is 317 g/mol. The Labute approximate surface area is 125 Å². The minimum Gasteiger partial charge on any atom is -0.493 e. The zero-order valence-electron chi connectivity index (χ0n) is 12.0. The van der Waals surface area contributed by atoms with E-state index in [1.807, 2.05) is 31.0 Å². The van der Waals surface area contributed by atoms with Gasteiger partial charge in [-0.05, 0) is 31.7 Å². The number of ether oxygens (including phenoxy) is 1. The van der Waals surface area contributed by atoms with Crippen LogP contribution in [0.1, 0.15) is 18.1 Å². The Morgan fingerprint density at radius 2 is 2.15 bits per heavy atom. The van der Waals surface area contributed by atoms with E-state index >= 15 is 0 Å². The van der Waals surface area contributed by atoms with E-state index in [4.69, 9.17) is 16.3 Å². The van der Waals surface area contributed by atoms with Gasteiger partial charge < -0.3 is 4.74 Å². The second kappa shape index (κ2) is 5.92. The van der Waals surface area contributed by atoms with Crippen molar-refractivity contribution in [3.05, 3.63) is 28.3 Å². The quantitative estimate of drug-likeness (QED) is 0.835. The van der Waals surface area contributed by atoms with E-state index in [2.05, 4.69) is 0 Å². The second-order valence-electron chi connectivity index (χ2n) is 5.51. The topological polar surface area (TPSA) is 46.6 Å². The average molecular weight is 318 g/mol. The van der Waals surface area contributed by atoms with Crippen LogP contribution in [0.2, 0.25) is 5.02 Å². The zero-order chi connectivity index (χ0) is 14.9. The number of rotatable bonds is 5. The van der Waals surface area contributed by atoms with E-state index in [0.717, 1.165) is 23.3 Å². The van der Waals surface area contributed by atoms with E-state index in [1.54, 1.807) is 0 Å². The van der Waals surface area contributed by atoms with Crippen LogP contribution in [0.25, 0.3) is 0 Å². The molecule has 4 nitrogen and oxygen atoms in total. The Kier molecular flexibility index (Phi) is 4.62. The molecule has 0 aliphatic carbocycles. The maximum atomic E-state index is 11.4. The molecule has 2 rings (SSSR count). The van der Waals surface area contributed by atoms with Crippen molar-refractivity contribution in [2.75, 3.05) is 25.7 Å². The van der Waals surface area contributed by atoms with Gasteiger partial charge >= 0.3 is 0 Å². The summed E-state index contributed by atoms with van der Waals surface area (Å²) >= 11 is 6.13. The van der Waals surface area contributed by atoms with Crippen molar-refractivity contribution in [3.8, 4) is 5.75 Å². The lowest BCUT2D eigenvalue weighted by Crippen LogP contribution is -2.34. The van der Waals surface area contributed by atoms with Crippen molar-refractivity contribution in [2.24, 2.45) is 0 Å². The lowest BCUT2D eigenvalue weighted by Gasteiger charge is -2.25. The first-order chi connectivity index (χ1) is 9.26. The lowest BCUT2D eigenvalue weighted by atomic mass is 10.1. The molecular formula is C14H20ClNO3S. The first kappa shape index (κ1) is 15.6. The molecule has 1 aromatic rings. The Morgan fingerprint density at radius 3 is 2.80 bits per heavy atom. The summed E-state index contributed by atoms with van der Waals surface area (Å²) in [6.07, 6.45) is 2.14. The molecule has 0 amide bonds. The van der Waals surface area contributed by atoms with Crippen LogP contribution < -0.4 is 4.74 Å². The van der Waals surface area contributed by atoms with E-state index in [0.29, 0.717) is 18.2 Å². The summed E-state index contributed by atoms with van der Waals surface area (Å²) in [6, 6.07) is 3.78. The molecule has 0 saturated carbocycles. The molecule has 112 valence electrons. The van der Waals surface area contributed by atoms with Gasteiger partial charge in [0.05, 0.1) is 12.4 Å². The van der Waals surface area contributed by atoms with Crippen LogP contribution in [0.3, 0.4) is 0 Å². The minimum atomic E-state index is -2.98. The number of hydrogen-bond donors (Lipinski definition) is 0. The van der Waals surface area contributed by atoms with Crippen molar-refractivity contribution >= 4 is 21.4 Å². The van der Waals surface area contributed by atoms with Crippen molar-refractivity contribution in [3.63, 3.8) is 0 Å². The first-order valence-electron chi connectivity index (χ1n) is 6.58. The van der Waals surface area contributed by atoms with Gasteiger partial charge in [0, 0.05) is 35.8 Å². The summed E-state index contributed by atoms with van der Waals surface area (Å²) in [4.78, 5) is 2.01. The van der Waals surface area contributed by atoms with Gasteiger partial charge in [0.15, 0.2) is 0 Å². The maximum absolute atomic E-state index is 11.4. The Morgan fingerprint density at radius 1 is 1.45 bits per heavy atom. The molecule has 0 saturated heterocycles. The summed E-state index contributed by atoms with van der Waals surface area (Å²) < 4.78 is 28.4. The second-order valence-corrected chi connectivity index (χ2v) is 8.13. The largest absolute Gasteiger partial charge is 0.493 e. The summed E-state index contributed by atoms with van der Waals surface area (Å²) in [5.74, 6) is 1.06. The summed E-state index contributed by atoms with van der Waals surface area (Å²) in [5.41, 5.74) is 2.16. The third-order valence-corrected chi connectivity index (χ3v) is 4.85. The highest BCUT2D eigenvalue weighted by Gasteiger charge is 2.21. The molecule has 0 spiro atoms. The normalized spacial score (nSPS) is 16.1. The molecule has 1 heterocycles. The fourth-order valence-corrected chi connectivity index (χ4v) is 3.85. The molecule has 1 aliphatic heterocycles. The molecule has 20 heavy (non-hydrogen) atoms. The predicted molar refractivity (Wildman–Crippen MR) is 81.3 cm³/mol. The number of hydrogen-bond acceptors (Lipinski definition) is 4. The molecular weight excluding hydrogens is 298 g/mol. The van der Waals surface area contributed by atoms with E-state index < -0.39 is 9.84 Å². The molecule has 1 aliphatic rings. The highest BCUT2D eigenvalue weighted by Crippen LogP contribution is 2.33. The summed E-state index contributed by atoms with van der Waals surface area (Å²) in [5, 5.41) is 0.702. The van der Waals surface area contributed by atoms with E-state index in [1.165, 1.54) is 6.26 Å². The molecule has 1 atom stereocenters. The van der Waals surface area contributed by atoms with Gasteiger partial charge in [-0.15, -0.1) is 0 Å². The van der Waals surface area contributed by atoms with E-state index in [-0.39, 0.29) is 11.8 Å². The van der Waals surface area contributed by atoms with Gasteiger partial charge in [-0.2, -0.15) is 0 Å². The molecule has 0 unspecified atom stereocenters. The lowest BCUT2D eigenvalue weighted by molar-refractivity contribution is 0.261. The number of benzene rings is 1. The van der Waals surface area contributed by atoms with Gasteiger partial charge in [-0.25, -0.2) is 8.42 Å². The molecule has 0 aromatic heterocycles. The van der Waals surface area contributed by atoms with Crippen molar-refractivity contribution < 1.29 is 13.2 Å². The van der Waals surface area contributed by atoms with Crippen LogP contribution in [-0.2, 0) is 22.8 Å². The van der Waals surface area contributed by atoms with Gasteiger partial charge in [0.1, 0.15) is 15.6 Å². The fourth-order valence-electron chi connectivity index (χ4n) is 2.45. The van der Waals surface area contributed by atoms with Gasteiger partial charge in [-0.1, -0.05) is 11.6 Å². The number of halogens is 1. The first-order valence-corrected chi connectivity index (χ1v) is 9.02. The molecule has 0 N–H and O–H groups in total. The van der Waals surface area contributed by atoms with Gasteiger partial charge in [0.2, 0.25) is 0 Å². The van der Waals surface area contributed by atoms with Crippen molar-refractivity contribution in [2.45, 2.75) is 25.9 Å². The van der Waals surface area contributed by atoms with Crippen LogP contribution in [0, 0.1) is 0 Å². The van der Waals surface area contributed by atoms with Crippen LogP contribution in [-0.4, -0.2) is 45.0 Å². The average Bonchev–Trinajstić information content (AvgIpc) is 2.74. The standard InChI is InChI=1S/C14H20ClNO3S/c1-10(9-20(3,17)18)16(2)8-12-7-13(15)6-11-4-5-19-14(11)12/h6-7,10H,4-5,8-9H2,1-3H3/t10-/m0/s1. The number of nitrogens with zero attached hydrogens (tertiary/aromatic N) is 1. The predicted octanol–water partition coefficient (Wildman–Crippen LogP) is 2.14. The van der Waals surface area contributed by atoms with Crippen LogP contribution in [0.4, 0.5) is 0 Å². The molecule has 0 bridgehead atoms. The highest BCUT2D eigenvalue weighted by atomic mass is 35.5. The van der Waals surface area contributed by atoms with Crippen molar-refractivity contribution in [1.82, 2.24) is 4.90 Å². The zero-order valence-corrected chi connectivity index (χ0v) is 13.6. The van der Waals surface area contributed by atoms with Crippen molar-refractivity contribution in [1.29, 1.82) is 0 Å². The minimum absolute atomic E-state index is 0.0546. The maximum Gasteiger partial charge on any atom is 0.148 e. The summed E-state index contributed by atoms with van der Waals surface area (Å²) in [6.45, 7) is 3.22. The SMILES string of the molecule is C[C@@H](CS(C)(=O)=O)N(C)Cc1cc(Cl)cc2c1OCC2. The molecule has 1 aromatic carbocycles. The van der Waals surface area contributed by atoms with Crippen LogP contribution >= 0.6 is 11.6 Å². The molecule has 0 fully saturated rings. The highest BCUT2D eigenvalue weighted by molar-refractivity contribution is 7.90. The fraction of sp³-hybridized carbons (Fsp3) is 0.571. The third-order valence-electron chi connectivity index (χ3n) is 3.54. The number of fused-ring (bicyclic) bond motifs is 1. The smallest absolute Gasteiger partial charge is 0.148 e. The van der Waals surface area contributed by atoms with E-state index in [9.17, 15) is 8.42 Å². The Bertz CT molecular complexity index is 601. The summed E-state index contributed by atoms with van der Waals surface area (Å²) in [7, 11) is -1.06.